The van der Waals surface area contributed by atoms with E-state index in [1.54, 1.807) is 0 Å². The minimum Gasteiger partial charge on any atom is -0.368 e. The smallest absolute Gasteiger partial charge is 0.254 e. The van der Waals surface area contributed by atoms with Gasteiger partial charge in [0.05, 0.1) is 0 Å². The molecule has 22 heavy (non-hydrogen) atoms. The van der Waals surface area contributed by atoms with Crippen LogP contribution in [0.4, 0.5) is 5.69 Å². The summed E-state index contributed by atoms with van der Waals surface area (Å²) in [5, 5.41) is 0. The summed E-state index contributed by atoms with van der Waals surface area (Å²) in [7, 11) is 0. The lowest BCUT2D eigenvalue weighted by atomic mass is 10.0. The highest BCUT2D eigenvalue weighted by atomic mass is 16.2. The van der Waals surface area contributed by atoms with Crippen molar-refractivity contribution < 1.29 is 4.79 Å². The Kier molecular flexibility index (Phi) is 4.14. The summed E-state index contributed by atoms with van der Waals surface area (Å²) in [5.41, 5.74) is 4.30. The molecule has 1 heterocycles. The third-order valence-corrected chi connectivity index (χ3v) is 4.47. The predicted molar refractivity (Wildman–Crippen MR) is 89.3 cm³/mol. The number of carbonyl (C=O) groups is 1. The standard InChI is InChI=1S/C19H21N2O/c1-15-7-6-10-18(16(15)2)19(22)21-13-11-20(12-14-21)17-8-4-3-5-9-17/h4-10H,11-14H2,1-2H3. The number of carbonyl (C=O) groups excluding carboxylic acids is 1. The molecule has 0 atom stereocenters. The Balaban J connectivity index is 1.69. The summed E-state index contributed by atoms with van der Waals surface area (Å²) in [6.45, 7) is 7.37. The first-order valence-corrected chi connectivity index (χ1v) is 7.73. The molecule has 0 spiro atoms. The lowest BCUT2D eigenvalue weighted by Gasteiger charge is -2.36. The van der Waals surface area contributed by atoms with Gasteiger partial charge in [-0.1, -0.05) is 24.3 Å². The van der Waals surface area contributed by atoms with Crippen molar-refractivity contribution in [2.24, 2.45) is 0 Å². The van der Waals surface area contributed by atoms with E-state index in [-0.39, 0.29) is 5.91 Å². The van der Waals surface area contributed by atoms with Crippen molar-refractivity contribution in [1.29, 1.82) is 0 Å². The van der Waals surface area contributed by atoms with Gasteiger partial charge in [0, 0.05) is 37.4 Å². The highest BCUT2D eigenvalue weighted by Gasteiger charge is 2.23. The minimum absolute atomic E-state index is 0.155. The molecular formula is C19H21N2O. The fourth-order valence-corrected chi connectivity index (χ4v) is 2.91. The number of hydrogen-bond donors (Lipinski definition) is 0. The average molecular weight is 293 g/mol. The summed E-state index contributed by atoms with van der Waals surface area (Å²) in [5.74, 6) is 0.155. The number of hydrogen-bond acceptors (Lipinski definition) is 2. The van der Waals surface area contributed by atoms with Crippen LogP contribution in [0.15, 0.2) is 42.5 Å². The third kappa shape index (κ3) is 2.84. The van der Waals surface area contributed by atoms with Crippen LogP contribution in [0.5, 0.6) is 0 Å². The Morgan fingerprint density at radius 1 is 1.00 bits per heavy atom. The number of piperazine rings is 1. The summed E-state index contributed by atoms with van der Waals surface area (Å²) in [4.78, 5) is 17.0. The number of anilines is 1. The van der Waals surface area contributed by atoms with Crippen LogP contribution in [-0.4, -0.2) is 37.0 Å². The second kappa shape index (κ2) is 6.22. The van der Waals surface area contributed by atoms with Crippen LogP contribution in [-0.2, 0) is 0 Å². The van der Waals surface area contributed by atoms with Crippen LogP contribution in [0.1, 0.15) is 21.5 Å². The number of benzene rings is 2. The van der Waals surface area contributed by atoms with Crippen LogP contribution in [0, 0.1) is 19.9 Å². The molecule has 1 saturated heterocycles. The average Bonchev–Trinajstić information content (AvgIpc) is 2.58. The Morgan fingerprint density at radius 2 is 1.68 bits per heavy atom. The molecule has 3 heteroatoms. The molecule has 0 saturated carbocycles. The van der Waals surface area contributed by atoms with Gasteiger partial charge in [0.2, 0.25) is 0 Å². The summed E-state index contributed by atoms with van der Waals surface area (Å²) in [6, 6.07) is 17.0. The Morgan fingerprint density at radius 3 is 2.36 bits per heavy atom. The van der Waals surface area contributed by atoms with Crippen molar-refractivity contribution in [3.8, 4) is 0 Å². The van der Waals surface area contributed by atoms with E-state index in [2.05, 4.69) is 36.1 Å². The number of rotatable bonds is 2. The van der Waals surface area contributed by atoms with Crippen molar-refractivity contribution in [1.82, 2.24) is 4.90 Å². The van der Waals surface area contributed by atoms with E-state index >= 15 is 0 Å². The van der Waals surface area contributed by atoms with Crippen molar-refractivity contribution in [2.75, 3.05) is 31.1 Å². The molecule has 1 aliphatic rings. The monoisotopic (exact) mass is 293 g/mol. The van der Waals surface area contributed by atoms with E-state index < -0.39 is 0 Å². The summed E-state index contributed by atoms with van der Waals surface area (Å²) in [6.07, 6.45) is 0. The maximum absolute atomic E-state index is 12.7. The molecule has 2 aromatic rings. The molecule has 1 radical (unpaired) electrons. The van der Waals surface area contributed by atoms with Crippen molar-refractivity contribution in [3.63, 3.8) is 0 Å². The van der Waals surface area contributed by atoms with Gasteiger partial charge in [-0.25, -0.2) is 0 Å². The van der Waals surface area contributed by atoms with E-state index in [0.29, 0.717) is 0 Å². The second-order valence-electron chi connectivity index (χ2n) is 5.78. The van der Waals surface area contributed by atoms with Crippen molar-refractivity contribution >= 4 is 11.6 Å². The van der Waals surface area contributed by atoms with Gasteiger partial charge in [-0.3, -0.25) is 4.79 Å². The number of amides is 1. The highest BCUT2D eigenvalue weighted by molar-refractivity contribution is 5.96. The van der Waals surface area contributed by atoms with Crippen LogP contribution < -0.4 is 4.90 Å². The van der Waals surface area contributed by atoms with Gasteiger partial charge in [0.25, 0.3) is 5.91 Å². The molecule has 0 N–H and O–H groups in total. The first kappa shape index (κ1) is 14.6. The zero-order chi connectivity index (χ0) is 15.5. The summed E-state index contributed by atoms with van der Waals surface area (Å²) >= 11 is 0. The van der Waals surface area contributed by atoms with Crippen LogP contribution >= 0.6 is 0 Å². The Hall–Kier alpha value is -2.29. The van der Waals surface area contributed by atoms with E-state index in [1.807, 2.05) is 36.1 Å². The largest absolute Gasteiger partial charge is 0.368 e. The minimum atomic E-state index is 0.155. The molecule has 3 nitrogen and oxygen atoms in total. The first-order valence-electron chi connectivity index (χ1n) is 7.73. The third-order valence-electron chi connectivity index (χ3n) is 4.47. The van der Waals surface area contributed by atoms with E-state index in [4.69, 9.17) is 0 Å². The van der Waals surface area contributed by atoms with Crippen LogP contribution in [0.2, 0.25) is 0 Å². The van der Waals surface area contributed by atoms with Gasteiger partial charge in [-0.05, 0) is 49.2 Å². The first-order chi connectivity index (χ1) is 10.7. The highest BCUT2D eigenvalue weighted by Crippen LogP contribution is 2.19. The molecule has 1 aliphatic heterocycles. The molecule has 2 aromatic carbocycles. The van der Waals surface area contributed by atoms with Gasteiger partial charge in [0.15, 0.2) is 0 Å². The zero-order valence-electron chi connectivity index (χ0n) is 13.2. The van der Waals surface area contributed by atoms with E-state index in [9.17, 15) is 4.79 Å². The summed E-state index contributed by atoms with van der Waals surface area (Å²) < 4.78 is 0. The van der Waals surface area contributed by atoms with Gasteiger partial charge < -0.3 is 9.80 Å². The Bertz CT molecular complexity index is 658. The molecule has 1 fully saturated rings. The van der Waals surface area contributed by atoms with E-state index in [1.165, 1.54) is 11.3 Å². The van der Waals surface area contributed by atoms with Gasteiger partial charge in [-0.2, -0.15) is 0 Å². The van der Waals surface area contributed by atoms with Crippen LogP contribution in [0.25, 0.3) is 0 Å². The van der Waals surface area contributed by atoms with E-state index in [0.717, 1.165) is 37.3 Å². The number of nitrogens with zero attached hydrogens (tertiary/aromatic N) is 2. The van der Waals surface area contributed by atoms with Gasteiger partial charge in [0.1, 0.15) is 0 Å². The van der Waals surface area contributed by atoms with Crippen molar-refractivity contribution in [2.45, 2.75) is 13.8 Å². The molecule has 1 amide bonds. The quantitative estimate of drug-likeness (QED) is 0.849. The van der Waals surface area contributed by atoms with Gasteiger partial charge >= 0.3 is 0 Å². The molecule has 0 aromatic heterocycles. The molecule has 113 valence electrons. The molecule has 0 unspecified atom stereocenters. The molecular weight excluding hydrogens is 272 g/mol. The maximum atomic E-state index is 12.7. The number of aryl methyl sites for hydroxylation is 1. The predicted octanol–water partition coefficient (Wildman–Crippen LogP) is 3.07. The molecule has 3 rings (SSSR count). The SMILES string of the molecule is Cc1cccc(C(=O)N2CCN(c3cc[c]cc3)CC2)c1C. The Labute approximate surface area is 132 Å². The fraction of sp³-hybridized carbons (Fsp3) is 0.316. The maximum Gasteiger partial charge on any atom is 0.254 e. The zero-order valence-corrected chi connectivity index (χ0v) is 13.2. The van der Waals surface area contributed by atoms with Crippen LogP contribution in [0.3, 0.4) is 0 Å². The van der Waals surface area contributed by atoms with Crippen molar-refractivity contribution in [3.05, 3.63) is 65.2 Å². The normalized spacial score (nSPS) is 15.0. The lowest BCUT2D eigenvalue weighted by molar-refractivity contribution is 0.0746. The lowest BCUT2D eigenvalue weighted by Crippen LogP contribution is -2.49. The molecule has 0 bridgehead atoms. The second-order valence-corrected chi connectivity index (χ2v) is 5.78. The topological polar surface area (TPSA) is 23.6 Å². The fourth-order valence-electron chi connectivity index (χ4n) is 2.91. The molecule has 0 aliphatic carbocycles. The van der Waals surface area contributed by atoms with Gasteiger partial charge in [-0.15, -0.1) is 0 Å².